The van der Waals surface area contributed by atoms with Gasteiger partial charge < -0.3 is 66.9 Å². The summed E-state index contributed by atoms with van der Waals surface area (Å²) < 4.78 is 0. The average Bonchev–Trinajstić information content (AvgIpc) is 1.69. The molecule has 0 radical (unpaired) electrons. The summed E-state index contributed by atoms with van der Waals surface area (Å²) in [6, 6.07) is 15.1. The van der Waals surface area contributed by atoms with Crippen molar-refractivity contribution < 1.29 is 39.3 Å². The summed E-state index contributed by atoms with van der Waals surface area (Å²) in [4.78, 5) is 108. The van der Waals surface area contributed by atoms with Gasteiger partial charge in [0.1, 0.15) is 27.6 Å². The Bertz CT molecular complexity index is 6110. The van der Waals surface area contributed by atoms with E-state index in [2.05, 4.69) is 230 Å². The SMILES string of the molecule is C=CCNC(=O)c1c[nH]c2cc3c(nc12)CCC(C(C)(C)C)C3.CC(C)(C)C1CCc2nc3c(C(=O)NCCC(O)CO)c[nH]c3cc2C1.CC(C)(C)C1CCc2nc3c(C(=O)NCCCO)c[nH]c3cc2C1.CC(C)(C)C1CCc2nc3c(C(=O)NN)c[nH]c3cc2C1.CC(C)(C)C1CCc2nc3c(C(N)=O)c[nH]c3cc2C1.CC(C)(C)C1CCc2nc3cc[nH]c3cc2C1. The van der Waals surface area contributed by atoms with Crippen molar-refractivity contribution in [2.45, 2.75) is 259 Å². The highest BCUT2D eigenvalue weighted by Crippen LogP contribution is 2.45. The third kappa shape index (κ3) is 23.2. The normalized spacial score (nSPS) is 18.6. The zero-order valence-electron chi connectivity index (χ0n) is 80.7. The molecule has 26 heteroatoms. The van der Waals surface area contributed by atoms with E-state index in [9.17, 15) is 29.1 Å². The van der Waals surface area contributed by atoms with E-state index in [4.69, 9.17) is 46.7 Å². The van der Waals surface area contributed by atoms with Gasteiger partial charge in [-0.05, 0) is 272 Å². The van der Waals surface area contributed by atoms with Crippen LogP contribution in [-0.2, 0) is 77.0 Å². The molecule has 702 valence electrons. The highest BCUT2D eigenvalue weighted by Gasteiger charge is 2.37. The van der Waals surface area contributed by atoms with Crippen LogP contribution >= 0.6 is 0 Å². The first-order chi connectivity index (χ1) is 61.9. The Morgan fingerprint density at radius 3 is 0.962 bits per heavy atom. The maximum atomic E-state index is 12.4. The highest BCUT2D eigenvalue weighted by atomic mass is 16.3. The summed E-state index contributed by atoms with van der Waals surface area (Å²) in [6.45, 7) is 46.2. The fourth-order valence-corrected chi connectivity index (χ4v) is 19.7. The van der Waals surface area contributed by atoms with Crippen LogP contribution in [0.5, 0.6) is 0 Å². The number of nitrogen functional groups attached to an aromatic ring is 1. The summed E-state index contributed by atoms with van der Waals surface area (Å²) in [5, 5.41) is 35.4. The lowest BCUT2D eigenvalue weighted by Crippen LogP contribution is -2.30. The Morgan fingerprint density at radius 2 is 0.679 bits per heavy atom. The Morgan fingerprint density at radius 1 is 0.405 bits per heavy atom. The number of aromatic nitrogens is 12. The van der Waals surface area contributed by atoms with Crippen molar-refractivity contribution in [3.63, 3.8) is 0 Å². The number of carbonyl (C=O) groups excluding carboxylic acids is 5. The lowest BCUT2D eigenvalue weighted by atomic mass is 9.71. The molecule has 131 heavy (non-hydrogen) atoms. The lowest BCUT2D eigenvalue weighted by molar-refractivity contribution is 0.0833. The van der Waals surface area contributed by atoms with E-state index in [-0.39, 0.29) is 42.3 Å². The van der Waals surface area contributed by atoms with Gasteiger partial charge in [-0.3, -0.25) is 59.3 Å². The predicted molar refractivity (Wildman–Crippen MR) is 523 cm³/mol. The van der Waals surface area contributed by atoms with Crippen molar-refractivity contribution in [3.8, 4) is 0 Å². The minimum absolute atomic E-state index is 0.0782. The van der Waals surface area contributed by atoms with E-state index in [1.807, 2.05) is 6.20 Å². The standard InChI is InChI=1S/C20H29N3O3.C19H27N3O2.C19H25N3O.C16H22N4O.C16H21N3O.C15H20N2/c1-20(2,3)13-4-5-16-12(8-13)9-17-18(23-16)15(10-22-17)19(26)21-7-6-14(25)11-24;1-19(2,3)13-5-6-15-12(9-13)10-16-17(22-15)14(11-21-16)18(24)20-7-4-8-23;1-5-8-20-18(23)14-11-21-16-10-12-9-13(19(2,3)4)6-7-15(12)22-17(14)16;1-16(2,3)10-4-5-12-9(6-10)7-13-14(19-12)11(8-18-13)15(21)20-17;1-16(2,3)10-4-5-12-9(6-10)7-13-14(19-12)11(8-18-13)15(17)20;1-15(2,3)11-4-5-12-10(8-11)9-14-13(17-12)6-7-16-14/h9-10,13-14,22,24-25H,4-8,11H2,1-3H3,(H,21,26);10-11,13,21,23H,4-9H2,1-3H3,(H,20,24);5,10-11,13,21H,1,6-9H2,2-4H3,(H,20,23);7-8,10,18H,4-6,17H2,1-3H3,(H,20,21);7-8,10,18H,4-6H2,1-3H3,(H2,17,20);6-7,9,11,16H,4-5,8H2,1-3H3. The van der Waals surface area contributed by atoms with Gasteiger partial charge in [-0.15, -0.1) is 6.58 Å². The Kier molecular flexibility index (Phi) is 30.0. The van der Waals surface area contributed by atoms with Crippen LogP contribution in [0.15, 0.2) is 92.3 Å². The van der Waals surface area contributed by atoms with Gasteiger partial charge in [0.2, 0.25) is 0 Å². The second-order valence-electron chi connectivity index (χ2n) is 43.9. The summed E-state index contributed by atoms with van der Waals surface area (Å²) >= 11 is 0. The molecule has 0 bridgehead atoms. The third-order valence-electron chi connectivity index (χ3n) is 28.7. The fourth-order valence-electron chi connectivity index (χ4n) is 19.7. The molecule has 7 atom stereocenters. The number of nitrogens with zero attached hydrogens (tertiary/aromatic N) is 6. The Labute approximate surface area is 771 Å². The number of nitrogens with one attached hydrogen (secondary N) is 10. The second kappa shape index (κ2) is 40.3. The molecule has 0 saturated heterocycles. The Balaban J connectivity index is 0.000000134. The number of carbonyl (C=O) groups is 5. The van der Waals surface area contributed by atoms with E-state index in [0.29, 0.717) is 134 Å². The van der Waals surface area contributed by atoms with Crippen molar-refractivity contribution in [1.29, 1.82) is 0 Å². The number of pyridine rings is 6. The van der Waals surface area contributed by atoms with Gasteiger partial charge in [-0.1, -0.05) is 131 Å². The average molecular weight is 1790 g/mol. The van der Waals surface area contributed by atoms with Crippen molar-refractivity contribution in [1.82, 2.24) is 81.2 Å². The zero-order valence-corrected chi connectivity index (χ0v) is 80.7. The number of rotatable bonds is 14. The maximum Gasteiger partial charge on any atom is 0.268 e. The monoisotopic (exact) mass is 1790 g/mol. The molecule has 0 aliphatic heterocycles. The van der Waals surface area contributed by atoms with Crippen LogP contribution in [0, 0.1) is 68.0 Å². The highest BCUT2D eigenvalue weighted by molar-refractivity contribution is 6.08. The number of aryl methyl sites for hydroxylation is 6. The first-order valence-corrected chi connectivity index (χ1v) is 47.5. The number of primary amides is 1. The number of fused-ring (bicyclic) bond motifs is 12. The van der Waals surface area contributed by atoms with Gasteiger partial charge in [0.05, 0.1) is 79.1 Å². The van der Waals surface area contributed by atoms with Gasteiger partial charge in [0.25, 0.3) is 29.5 Å². The number of hydrogen-bond donors (Lipinski definition) is 15. The van der Waals surface area contributed by atoms with Crippen LogP contribution < -0.4 is 33.0 Å². The molecule has 6 aliphatic carbocycles. The summed E-state index contributed by atoms with van der Waals surface area (Å²) in [5.41, 5.74) is 37.7. The first-order valence-electron chi connectivity index (χ1n) is 47.5. The number of hydrazine groups is 1. The zero-order chi connectivity index (χ0) is 94.6. The summed E-state index contributed by atoms with van der Waals surface area (Å²) in [7, 11) is 0. The quantitative estimate of drug-likeness (QED) is 0.0158. The number of hydrogen-bond acceptors (Lipinski definition) is 15. The predicted octanol–water partition coefficient (Wildman–Crippen LogP) is 17.5. The molecule has 0 aromatic carbocycles. The molecular formula is C105H144N18O8. The largest absolute Gasteiger partial charge is 0.396 e. The number of nitrogens with two attached hydrogens (primary N) is 2. The molecule has 0 saturated carbocycles. The Hall–Kier alpha value is -10.9. The number of H-pyrrole nitrogens is 6. The van der Waals surface area contributed by atoms with Crippen molar-refractivity contribution in [2.75, 3.05) is 32.8 Å². The maximum absolute atomic E-state index is 12.4. The minimum Gasteiger partial charge on any atom is -0.396 e. The van der Waals surface area contributed by atoms with Crippen molar-refractivity contribution in [2.24, 2.45) is 79.6 Å². The molecular weight excluding hydrogens is 1640 g/mol. The molecule has 12 aromatic rings. The molecule has 6 aliphatic rings. The third-order valence-corrected chi connectivity index (χ3v) is 28.7. The molecule has 26 nitrogen and oxygen atoms in total. The molecule has 12 heterocycles. The molecule has 12 aromatic heterocycles. The van der Waals surface area contributed by atoms with Crippen LogP contribution in [0.2, 0.25) is 0 Å². The van der Waals surface area contributed by atoms with Crippen LogP contribution in [0.25, 0.3) is 66.2 Å². The molecule has 17 N–H and O–H groups in total. The smallest absolute Gasteiger partial charge is 0.268 e. The number of aromatic amines is 6. The summed E-state index contributed by atoms with van der Waals surface area (Å²) in [6.07, 6.45) is 31.7. The van der Waals surface area contributed by atoms with E-state index in [1.165, 1.54) is 57.4 Å². The van der Waals surface area contributed by atoms with Gasteiger partial charge in [0.15, 0.2) is 0 Å². The molecule has 7 unspecified atom stereocenters. The number of amides is 5. The van der Waals surface area contributed by atoms with Gasteiger partial charge >= 0.3 is 0 Å². The van der Waals surface area contributed by atoms with Crippen molar-refractivity contribution >= 4 is 95.7 Å². The fraction of sp³-hybridized carbons (Fsp3) is 0.533. The topological polar surface area (TPSA) is 418 Å². The van der Waals surface area contributed by atoms with E-state index in [0.717, 1.165) is 181 Å². The minimum atomic E-state index is -0.806. The molecule has 5 amide bonds. The van der Waals surface area contributed by atoms with Crippen LogP contribution in [0.3, 0.4) is 0 Å². The first kappa shape index (κ1) is 97.6. The lowest BCUT2D eigenvalue weighted by Gasteiger charge is -2.34. The van der Waals surface area contributed by atoms with Crippen LogP contribution in [-0.4, -0.2) is 144 Å². The van der Waals surface area contributed by atoms with E-state index in [1.54, 1.807) is 37.1 Å². The van der Waals surface area contributed by atoms with Gasteiger partial charge in [-0.25, -0.2) is 5.84 Å². The van der Waals surface area contributed by atoms with Gasteiger partial charge in [0, 0.05) is 97.6 Å². The summed E-state index contributed by atoms with van der Waals surface area (Å²) in [5.74, 6) is 8.16. The second-order valence-corrected chi connectivity index (χ2v) is 43.9. The molecule has 0 spiro atoms. The van der Waals surface area contributed by atoms with Crippen LogP contribution in [0.4, 0.5) is 0 Å². The molecule has 18 rings (SSSR count). The van der Waals surface area contributed by atoms with Crippen molar-refractivity contribution in [3.05, 3.63) is 188 Å². The number of aliphatic hydroxyl groups is 3. The number of aliphatic hydroxyl groups excluding tert-OH is 3. The van der Waals surface area contributed by atoms with Gasteiger partial charge in [-0.2, -0.15) is 0 Å². The van der Waals surface area contributed by atoms with E-state index >= 15 is 0 Å². The van der Waals surface area contributed by atoms with E-state index < -0.39 is 12.0 Å². The molecule has 0 fully saturated rings. The van der Waals surface area contributed by atoms with Crippen LogP contribution in [0.1, 0.15) is 295 Å².